The van der Waals surface area contributed by atoms with Gasteiger partial charge in [-0.05, 0) is 43.5 Å². The summed E-state index contributed by atoms with van der Waals surface area (Å²) in [6.07, 6.45) is 2.89. The fraction of sp³-hybridized carbons (Fsp3) is 0.333. The van der Waals surface area contributed by atoms with Crippen LogP contribution < -0.4 is 10.6 Å². The molecule has 2 heterocycles. The third kappa shape index (κ3) is 2.26. The van der Waals surface area contributed by atoms with Crippen LogP contribution in [0.1, 0.15) is 22.5 Å². The first-order valence-corrected chi connectivity index (χ1v) is 6.56. The maximum Gasteiger partial charge on any atom is 0.147 e. The zero-order chi connectivity index (χ0) is 13.4. The minimum absolute atomic E-state index is 0.826. The summed E-state index contributed by atoms with van der Waals surface area (Å²) in [6.45, 7) is 5.83. The van der Waals surface area contributed by atoms with Crippen LogP contribution in [0.3, 0.4) is 0 Å². The van der Waals surface area contributed by atoms with Gasteiger partial charge in [-0.25, -0.2) is 4.98 Å². The van der Waals surface area contributed by atoms with Gasteiger partial charge in [0.25, 0.3) is 0 Å². The van der Waals surface area contributed by atoms with E-state index >= 15 is 0 Å². The van der Waals surface area contributed by atoms with Crippen molar-refractivity contribution in [3.63, 3.8) is 0 Å². The molecule has 0 saturated heterocycles. The van der Waals surface area contributed by atoms with E-state index < -0.39 is 0 Å². The lowest BCUT2D eigenvalue weighted by Crippen LogP contribution is -2.31. The van der Waals surface area contributed by atoms with Crippen molar-refractivity contribution in [1.29, 1.82) is 0 Å². The maximum atomic E-state index is 5.86. The van der Waals surface area contributed by atoms with Crippen LogP contribution in [-0.4, -0.2) is 16.5 Å². The summed E-state index contributed by atoms with van der Waals surface area (Å²) in [4.78, 5) is 11.3. The van der Waals surface area contributed by atoms with Gasteiger partial charge in [-0.1, -0.05) is 6.07 Å². The van der Waals surface area contributed by atoms with Crippen LogP contribution in [0.2, 0.25) is 0 Å². The minimum atomic E-state index is 0.826. The number of hydrogen-bond donors (Lipinski definition) is 1. The molecule has 19 heavy (non-hydrogen) atoms. The molecule has 0 radical (unpaired) electrons. The third-order valence-corrected chi connectivity index (χ3v) is 3.75. The minimum Gasteiger partial charge on any atom is -0.399 e. The first-order chi connectivity index (χ1) is 9.13. The van der Waals surface area contributed by atoms with E-state index in [9.17, 15) is 0 Å². The summed E-state index contributed by atoms with van der Waals surface area (Å²) < 4.78 is 0. The highest BCUT2D eigenvalue weighted by Gasteiger charge is 2.18. The molecule has 0 fully saturated rings. The van der Waals surface area contributed by atoms with Gasteiger partial charge in [0.2, 0.25) is 0 Å². The molecule has 1 aliphatic rings. The summed E-state index contributed by atoms with van der Waals surface area (Å²) in [7, 11) is 0. The van der Waals surface area contributed by atoms with Crippen molar-refractivity contribution in [2.75, 3.05) is 17.2 Å². The maximum absolute atomic E-state index is 5.86. The zero-order valence-electron chi connectivity index (χ0n) is 11.3. The molecule has 98 valence electrons. The molecular weight excluding hydrogens is 236 g/mol. The van der Waals surface area contributed by atoms with Gasteiger partial charge in [0, 0.05) is 18.8 Å². The Bertz CT molecular complexity index is 622. The van der Waals surface area contributed by atoms with Crippen molar-refractivity contribution in [2.45, 2.75) is 26.8 Å². The van der Waals surface area contributed by atoms with Gasteiger partial charge in [0.1, 0.15) is 5.82 Å². The third-order valence-electron chi connectivity index (χ3n) is 3.75. The Hall–Kier alpha value is -2.10. The number of hydrogen-bond acceptors (Lipinski definition) is 4. The molecule has 1 aliphatic heterocycles. The number of nitrogen functional groups attached to an aromatic ring is 1. The summed E-state index contributed by atoms with van der Waals surface area (Å²) in [5.74, 6) is 0.955. The zero-order valence-corrected chi connectivity index (χ0v) is 11.3. The van der Waals surface area contributed by atoms with Gasteiger partial charge in [0.15, 0.2) is 0 Å². The van der Waals surface area contributed by atoms with E-state index in [2.05, 4.69) is 27.0 Å². The van der Waals surface area contributed by atoms with E-state index in [4.69, 9.17) is 5.73 Å². The van der Waals surface area contributed by atoms with Gasteiger partial charge in [-0.3, -0.25) is 4.98 Å². The molecule has 0 amide bonds. The van der Waals surface area contributed by atoms with Gasteiger partial charge in [-0.15, -0.1) is 0 Å². The highest BCUT2D eigenvalue weighted by Crippen LogP contribution is 2.24. The molecule has 4 heteroatoms. The van der Waals surface area contributed by atoms with Crippen molar-refractivity contribution in [3.8, 4) is 0 Å². The molecule has 0 spiro atoms. The van der Waals surface area contributed by atoms with Crippen LogP contribution in [0.4, 0.5) is 11.5 Å². The number of aryl methyl sites for hydroxylation is 2. The predicted octanol–water partition coefficient (Wildman–Crippen LogP) is 2.24. The standard InChI is InChI=1S/C15H18N4/c1-10-11(2)18-15(8-17-10)19-6-5-12-3-4-14(16)7-13(12)9-19/h3-4,7-8H,5-6,9,16H2,1-2H3. The monoisotopic (exact) mass is 254 g/mol. The normalized spacial score (nSPS) is 14.3. The second-order valence-electron chi connectivity index (χ2n) is 5.10. The first-order valence-electron chi connectivity index (χ1n) is 6.56. The van der Waals surface area contributed by atoms with E-state index in [1.165, 1.54) is 11.1 Å². The van der Waals surface area contributed by atoms with E-state index in [0.29, 0.717) is 0 Å². The van der Waals surface area contributed by atoms with Gasteiger partial charge >= 0.3 is 0 Å². The van der Waals surface area contributed by atoms with Gasteiger partial charge in [-0.2, -0.15) is 0 Å². The number of benzene rings is 1. The molecule has 0 bridgehead atoms. The summed E-state index contributed by atoms with van der Waals surface area (Å²) in [6, 6.07) is 6.17. The number of anilines is 2. The Kier molecular flexibility index (Phi) is 2.85. The number of rotatable bonds is 1. The fourth-order valence-corrected chi connectivity index (χ4v) is 2.45. The molecule has 0 saturated carbocycles. The van der Waals surface area contributed by atoms with Crippen LogP contribution in [0.5, 0.6) is 0 Å². The van der Waals surface area contributed by atoms with Crippen molar-refractivity contribution >= 4 is 11.5 Å². The Morgan fingerprint density at radius 3 is 2.79 bits per heavy atom. The van der Waals surface area contributed by atoms with E-state index in [1.807, 2.05) is 26.1 Å². The lowest BCUT2D eigenvalue weighted by molar-refractivity contribution is 0.716. The molecule has 1 aromatic heterocycles. The lowest BCUT2D eigenvalue weighted by atomic mass is 9.99. The highest BCUT2D eigenvalue weighted by atomic mass is 15.2. The molecule has 0 unspecified atom stereocenters. The van der Waals surface area contributed by atoms with Crippen LogP contribution >= 0.6 is 0 Å². The summed E-state index contributed by atoms with van der Waals surface area (Å²) >= 11 is 0. The SMILES string of the molecule is Cc1ncc(N2CCc3ccc(N)cc3C2)nc1C. The Morgan fingerprint density at radius 1 is 1.16 bits per heavy atom. The Labute approximate surface area is 113 Å². The average Bonchev–Trinajstić information content (AvgIpc) is 2.41. The smallest absolute Gasteiger partial charge is 0.147 e. The Balaban J connectivity index is 1.90. The van der Waals surface area contributed by atoms with Crippen LogP contribution in [0.25, 0.3) is 0 Å². The second kappa shape index (κ2) is 4.53. The summed E-state index contributed by atoms with van der Waals surface area (Å²) in [5.41, 5.74) is 11.4. The number of aromatic nitrogens is 2. The summed E-state index contributed by atoms with van der Waals surface area (Å²) in [5, 5.41) is 0. The fourth-order valence-electron chi connectivity index (χ4n) is 2.45. The highest BCUT2D eigenvalue weighted by molar-refractivity contribution is 5.49. The van der Waals surface area contributed by atoms with Crippen LogP contribution in [0, 0.1) is 13.8 Å². The van der Waals surface area contributed by atoms with Crippen molar-refractivity contribution in [3.05, 3.63) is 46.9 Å². The number of nitrogens with zero attached hydrogens (tertiary/aromatic N) is 3. The Morgan fingerprint density at radius 2 is 2.00 bits per heavy atom. The van der Waals surface area contributed by atoms with Gasteiger partial charge < -0.3 is 10.6 Å². The molecule has 4 nitrogen and oxygen atoms in total. The van der Waals surface area contributed by atoms with Crippen molar-refractivity contribution in [1.82, 2.24) is 9.97 Å². The topological polar surface area (TPSA) is 55.0 Å². The lowest BCUT2D eigenvalue weighted by Gasteiger charge is -2.30. The first kappa shape index (κ1) is 12.0. The van der Waals surface area contributed by atoms with E-state index in [-0.39, 0.29) is 0 Å². The molecule has 0 atom stereocenters. The van der Waals surface area contributed by atoms with Crippen LogP contribution in [0.15, 0.2) is 24.4 Å². The molecule has 2 N–H and O–H groups in total. The van der Waals surface area contributed by atoms with Gasteiger partial charge in [0.05, 0.1) is 17.6 Å². The van der Waals surface area contributed by atoms with E-state index in [1.54, 1.807) is 0 Å². The number of nitrogens with two attached hydrogens (primary N) is 1. The quantitative estimate of drug-likeness (QED) is 0.793. The molecule has 1 aromatic carbocycles. The average molecular weight is 254 g/mol. The van der Waals surface area contributed by atoms with Crippen molar-refractivity contribution in [2.24, 2.45) is 0 Å². The molecular formula is C15H18N4. The number of fused-ring (bicyclic) bond motifs is 1. The second-order valence-corrected chi connectivity index (χ2v) is 5.10. The predicted molar refractivity (Wildman–Crippen MR) is 77.1 cm³/mol. The molecule has 3 rings (SSSR count). The molecule has 2 aromatic rings. The largest absolute Gasteiger partial charge is 0.399 e. The van der Waals surface area contributed by atoms with Crippen LogP contribution in [-0.2, 0) is 13.0 Å². The van der Waals surface area contributed by atoms with Crippen molar-refractivity contribution < 1.29 is 0 Å². The molecule has 0 aliphatic carbocycles. The van der Waals surface area contributed by atoms with E-state index in [0.717, 1.165) is 42.4 Å².